The molecule has 17 heavy (non-hydrogen) atoms. The third-order valence-electron chi connectivity index (χ3n) is 3.01. The first-order chi connectivity index (χ1) is 7.87. The number of carbonyl (C=O) groups is 1. The molecule has 3 nitrogen and oxygen atoms in total. The normalized spacial score (nSPS) is 16.9. The van der Waals surface area contributed by atoms with Gasteiger partial charge in [0.25, 0.3) is 0 Å². The van der Waals surface area contributed by atoms with E-state index < -0.39 is 33.8 Å². The van der Waals surface area contributed by atoms with Gasteiger partial charge < -0.3 is 10.2 Å². The molecule has 1 aromatic carbocycles. The van der Waals surface area contributed by atoms with Crippen LogP contribution in [0.5, 0.6) is 5.75 Å². The molecule has 0 atom stereocenters. The van der Waals surface area contributed by atoms with Crippen molar-refractivity contribution in [2.24, 2.45) is 0 Å². The average molecular weight is 263 g/mol. The maximum absolute atomic E-state index is 13.8. The molecule has 0 saturated heterocycles. The zero-order chi connectivity index (χ0) is 12.8. The van der Waals surface area contributed by atoms with Crippen LogP contribution in [0.1, 0.15) is 24.8 Å². The molecular weight excluding hydrogens is 254 g/mol. The van der Waals surface area contributed by atoms with Crippen molar-refractivity contribution < 1.29 is 23.8 Å². The van der Waals surface area contributed by atoms with Crippen molar-refractivity contribution in [3.8, 4) is 5.75 Å². The van der Waals surface area contributed by atoms with E-state index in [9.17, 15) is 13.6 Å². The van der Waals surface area contributed by atoms with Gasteiger partial charge in [-0.2, -0.15) is 0 Å². The molecule has 1 saturated carbocycles. The monoisotopic (exact) mass is 262 g/mol. The van der Waals surface area contributed by atoms with Crippen molar-refractivity contribution in [1.82, 2.24) is 0 Å². The average Bonchev–Trinajstić information content (AvgIpc) is 2.94. The Balaban J connectivity index is 2.53. The van der Waals surface area contributed by atoms with Gasteiger partial charge in [-0.05, 0) is 12.8 Å². The van der Waals surface area contributed by atoms with Crippen LogP contribution in [0.4, 0.5) is 8.78 Å². The van der Waals surface area contributed by atoms with E-state index in [1.165, 1.54) is 0 Å². The first-order valence-corrected chi connectivity index (χ1v) is 5.34. The molecule has 6 heteroatoms. The lowest BCUT2D eigenvalue weighted by Crippen LogP contribution is -2.17. The van der Waals surface area contributed by atoms with Crippen LogP contribution >= 0.6 is 11.6 Å². The molecule has 1 aromatic rings. The Kier molecular flexibility index (Phi) is 2.73. The van der Waals surface area contributed by atoms with E-state index in [1.54, 1.807) is 0 Å². The summed E-state index contributed by atoms with van der Waals surface area (Å²) in [7, 11) is 0. The maximum atomic E-state index is 13.8. The van der Waals surface area contributed by atoms with Gasteiger partial charge in [0.15, 0.2) is 5.82 Å². The predicted octanol–water partition coefficient (Wildman–Crippen LogP) is 2.83. The second kappa shape index (κ2) is 3.84. The number of rotatable bonds is 3. The summed E-state index contributed by atoms with van der Waals surface area (Å²) in [6, 6.07) is 0.711. The highest BCUT2D eigenvalue weighted by Gasteiger charge is 2.50. The minimum absolute atomic E-state index is 0.331. The van der Waals surface area contributed by atoms with Crippen molar-refractivity contribution >= 4 is 17.6 Å². The maximum Gasteiger partial charge on any atom is 0.304 e. The Labute approximate surface area is 101 Å². The lowest BCUT2D eigenvalue weighted by molar-refractivity contribution is -0.137. The molecule has 0 bridgehead atoms. The van der Waals surface area contributed by atoms with Crippen LogP contribution in [0.3, 0.4) is 0 Å². The molecule has 0 spiro atoms. The van der Waals surface area contributed by atoms with Crippen molar-refractivity contribution in [3.63, 3.8) is 0 Å². The van der Waals surface area contributed by atoms with Crippen LogP contribution in [0.15, 0.2) is 6.07 Å². The van der Waals surface area contributed by atoms with E-state index in [1.807, 2.05) is 0 Å². The Bertz CT molecular complexity index is 498. The summed E-state index contributed by atoms with van der Waals surface area (Å²) in [5.41, 5.74) is -1.35. The standard InChI is InChI=1S/C11H9ClF2O3/c12-9-6(15)3-5(13)8(10(9)14)11(1-2-11)4-7(16)17/h3,15H,1-2,4H2,(H,16,17). The van der Waals surface area contributed by atoms with Crippen LogP contribution in [-0.2, 0) is 10.2 Å². The highest BCUT2D eigenvalue weighted by atomic mass is 35.5. The molecule has 2 N–H and O–H groups in total. The number of aliphatic carboxylic acids is 1. The summed E-state index contributed by atoms with van der Waals surface area (Å²) in [6.07, 6.45) is 0.449. The highest BCUT2D eigenvalue weighted by molar-refractivity contribution is 6.32. The summed E-state index contributed by atoms with van der Waals surface area (Å²) in [5.74, 6) is -3.83. The number of carboxylic acid groups (broad SMARTS) is 1. The van der Waals surface area contributed by atoms with E-state index in [0.29, 0.717) is 18.9 Å². The molecule has 0 heterocycles. The fraction of sp³-hybridized carbons (Fsp3) is 0.364. The van der Waals surface area contributed by atoms with Gasteiger partial charge in [-0.15, -0.1) is 0 Å². The van der Waals surface area contributed by atoms with Crippen LogP contribution in [-0.4, -0.2) is 16.2 Å². The summed E-state index contributed by atoms with van der Waals surface area (Å²) >= 11 is 5.49. The SMILES string of the molecule is O=C(O)CC1(c2c(F)cc(O)c(Cl)c2F)CC1. The lowest BCUT2D eigenvalue weighted by Gasteiger charge is -2.16. The van der Waals surface area contributed by atoms with Gasteiger partial charge in [0.05, 0.1) is 6.42 Å². The molecule has 0 radical (unpaired) electrons. The lowest BCUT2D eigenvalue weighted by atomic mass is 9.91. The van der Waals surface area contributed by atoms with Gasteiger partial charge in [0.1, 0.15) is 16.6 Å². The fourth-order valence-electron chi connectivity index (χ4n) is 2.02. The number of aromatic hydroxyl groups is 1. The van der Waals surface area contributed by atoms with E-state index in [2.05, 4.69) is 0 Å². The molecule has 2 rings (SSSR count). The Morgan fingerprint density at radius 2 is 2.06 bits per heavy atom. The van der Waals surface area contributed by atoms with Gasteiger partial charge in [-0.3, -0.25) is 4.79 Å². The van der Waals surface area contributed by atoms with Gasteiger partial charge in [0, 0.05) is 17.0 Å². The fourth-order valence-corrected chi connectivity index (χ4v) is 2.17. The van der Waals surface area contributed by atoms with Crippen LogP contribution < -0.4 is 0 Å². The topological polar surface area (TPSA) is 57.5 Å². The summed E-state index contributed by atoms with van der Waals surface area (Å²) in [4.78, 5) is 10.7. The third kappa shape index (κ3) is 1.95. The van der Waals surface area contributed by atoms with Crippen molar-refractivity contribution in [1.29, 1.82) is 0 Å². The first-order valence-electron chi connectivity index (χ1n) is 4.96. The van der Waals surface area contributed by atoms with Gasteiger partial charge in [-0.25, -0.2) is 8.78 Å². The largest absolute Gasteiger partial charge is 0.506 e. The zero-order valence-electron chi connectivity index (χ0n) is 8.64. The smallest absolute Gasteiger partial charge is 0.304 e. The van der Waals surface area contributed by atoms with Crippen molar-refractivity contribution in [3.05, 3.63) is 28.3 Å². The van der Waals surface area contributed by atoms with Crippen LogP contribution in [0.2, 0.25) is 5.02 Å². The number of hydrogen-bond donors (Lipinski definition) is 2. The summed E-state index contributed by atoms with van der Waals surface area (Å²) in [5, 5.41) is 17.3. The van der Waals surface area contributed by atoms with Crippen LogP contribution in [0.25, 0.3) is 0 Å². The molecule has 0 unspecified atom stereocenters. The Morgan fingerprint density at radius 1 is 1.47 bits per heavy atom. The Morgan fingerprint density at radius 3 is 2.53 bits per heavy atom. The second-order valence-electron chi connectivity index (χ2n) is 4.23. The summed E-state index contributed by atoms with van der Waals surface area (Å²) < 4.78 is 27.4. The van der Waals surface area contributed by atoms with Crippen molar-refractivity contribution in [2.45, 2.75) is 24.7 Å². The minimum atomic E-state index is -1.12. The molecule has 92 valence electrons. The van der Waals surface area contributed by atoms with Gasteiger partial charge in [0.2, 0.25) is 0 Å². The van der Waals surface area contributed by atoms with Gasteiger partial charge in [-0.1, -0.05) is 11.6 Å². The number of carboxylic acids is 1. The zero-order valence-corrected chi connectivity index (χ0v) is 9.39. The summed E-state index contributed by atoms with van der Waals surface area (Å²) in [6.45, 7) is 0. The molecular formula is C11H9ClF2O3. The number of phenolic OH excluding ortho intramolecular Hbond substituents is 1. The highest BCUT2D eigenvalue weighted by Crippen LogP contribution is 2.54. The quantitative estimate of drug-likeness (QED) is 0.824. The van der Waals surface area contributed by atoms with Crippen LogP contribution in [0, 0.1) is 11.6 Å². The van der Waals surface area contributed by atoms with Gasteiger partial charge >= 0.3 is 5.97 Å². The van der Waals surface area contributed by atoms with E-state index in [-0.39, 0.29) is 12.0 Å². The molecule has 1 aliphatic rings. The minimum Gasteiger partial charge on any atom is -0.506 e. The van der Waals surface area contributed by atoms with Crippen molar-refractivity contribution in [2.75, 3.05) is 0 Å². The number of halogens is 3. The van der Waals surface area contributed by atoms with E-state index in [4.69, 9.17) is 21.8 Å². The molecule has 0 aliphatic heterocycles. The predicted molar refractivity (Wildman–Crippen MR) is 56.2 cm³/mol. The third-order valence-corrected chi connectivity index (χ3v) is 3.37. The molecule has 0 amide bonds. The molecule has 1 fully saturated rings. The number of hydrogen-bond acceptors (Lipinski definition) is 2. The Hall–Kier alpha value is -1.36. The number of phenols is 1. The van der Waals surface area contributed by atoms with E-state index in [0.717, 1.165) is 0 Å². The number of benzene rings is 1. The second-order valence-corrected chi connectivity index (χ2v) is 4.61. The first kappa shape index (κ1) is 12.1. The van der Waals surface area contributed by atoms with E-state index >= 15 is 0 Å². The molecule has 0 aromatic heterocycles. The molecule has 1 aliphatic carbocycles.